The summed E-state index contributed by atoms with van der Waals surface area (Å²) in [5, 5.41) is 11.0. The van der Waals surface area contributed by atoms with E-state index in [9.17, 15) is 4.79 Å². The number of nitrogens with one attached hydrogen (secondary N) is 2. The van der Waals surface area contributed by atoms with Gasteiger partial charge in [-0.25, -0.2) is 5.43 Å². The van der Waals surface area contributed by atoms with Gasteiger partial charge in [0.25, 0.3) is 5.91 Å². The molecule has 0 atom stereocenters. The lowest BCUT2D eigenvalue weighted by molar-refractivity contribution is 0.100. The van der Waals surface area contributed by atoms with E-state index in [1.54, 1.807) is 12.3 Å². The summed E-state index contributed by atoms with van der Waals surface area (Å²) in [5.74, 6) is 0.388. The second-order valence-electron chi connectivity index (χ2n) is 3.86. The number of anilines is 1. The van der Waals surface area contributed by atoms with Crippen LogP contribution in [-0.2, 0) is 0 Å². The third kappa shape index (κ3) is 2.85. The first-order chi connectivity index (χ1) is 8.69. The Bertz CT molecular complexity index is 549. The second-order valence-corrected chi connectivity index (χ2v) is 3.86. The molecular formula is C12H15N5O. The quantitative estimate of drug-likeness (QED) is 0.854. The van der Waals surface area contributed by atoms with Gasteiger partial charge in [-0.2, -0.15) is 0 Å². The molecule has 0 aliphatic heterocycles. The van der Waals surface area contributed by atoms with E-state index >= 15 is 0 Å². The minimum Gasteiger partial charge on any atom is -0.367 e. The zero-order valence-electron chi connectivity index (χ0n) is 10.3. The van der Waals surface area contributed by atoms with Gasteiger partial charge in [0.05, 0.1) is 6.20 Å². The van der Waals surface area contributed by atoms with Crippen LogP contribution in [-0.4, -0.2) is 27.6 Å². The molecule has 0 fully saturated rings. The first-order valence-electron chi connectivity index (χ1n) is 5.73. The molecule has 1 aromatic heterocycles. The van der Waals surface area contributed by atoms with Crippen molar-refractivity contribution in [2.24, 2.45) is 0 Å². The van der Waals surface area contributed by atoms with Crippen molar-refractivity contribution in [3.8, 4) is 0 Å². The summed E-state index contributed by atoms with van der Waals surface area (Å²) in [6.45, 7) is 4.65. The molecule has 2 aromatic rings. The highest BCUT2D eigenvalue weighted by atomic mass is 16.2. The summed E-state index contributed by atoms with van der Waals surface area (Å²) in [7, 11) is 0. The minimum absolute atomic E-state index is 0.239. The molecule has 0 bridgehead atoms. The van der Waals surface area contributed by atoms with E-state index in [1.165, 1.54) is 0 Å². The minimum atomic E-state index is -0.239. The Morgan fingerprint density at radius 3 is 3.00 bits per heavy atom. The summed E-state index contributed by atoms with van der Waals surface area (Å²) in [4.78, 5) is 13.1. The lowest BCUT2D eigenvalue weighted by atomic mass is 10.1. The van der Waals surface area contributed by atoms with Gasteiger partial charge in [-0.1, -0.05) is 22.6 Å². The Labute approximate surface area is 105 Å². The molecule has 0 radical (unpaired) electrons. The first kappa shape index (κ1) is 12.1. The van der Waals surface area contributed by atoms with Crippen LogP contribution in [0.2, 0.25) is 0 Å². The topological polar surface area (TPSA) is 71.8 Å². The van der Waals surface area contributed by atoms with Crippen molar-refractivity contribution >= 4 is 11.7 Å². The molecule has 2 rings (SSSR count). The van der Waals surface area contributed by atoms with Crippen molar-refractivity contribution in [2.75, 3.05) is 17.3 Å². The van der Waals surface area contributed by atoms with E-state index in [1.807, 2.05) is 32.0 Å². The number of nitrogens with zero attached hydrogens (tertiary/aromatic N) is 3. The average Bonchev–Trinajstić information content (AvgIpc) is 2.77. The number of hydrogen-bond acceptors (Lipinski definition) is 4. The van der Waals surface area contributed by atoms with Crippen molar-refractivity contribution in [3.63, 3.8) is 0 Å². The fourth-order valence-electron chi connectivity index (χ4n) is 1.52. The van der Waals surface area contributed by atoms with Gasteiger partial charge in [0.1, 0.15) is 0 Å². The van der Waals surface area contributed by atoms with Crippen molar-refractivity contribution < 1.29 is 4.79 Å². The molecule has 6 nitrogen and oxygen atoms in total. The summed E-state index contributed by atoms with van der Waals surface area (Å²) in [5.41, 5.74) is 4.19. The van der Waals surface area contributed by atoms with Crippen LogP contribution >= 0.6 is 0 Å². The molecule has 6 heteroatoms. The Balaban J connectivity index is 2.06. The van der Waals surface area contributed by atoms with Crippen molar-refractivity contribution in [1.29, 1.82) is 0 Å². The Morgan fingerprint density at radius 2 is 2.28 bits per heavy atom. The van der Waals surface area contributed by atoms with E-state index in [4.69, 9.17) is 0 Å². The second kappa shape index (κ2) is 5.31. The number of aromatic nitrogens is 3. The van der Waals surface area contributed by atoms with E-state index < -0.39 is 0 Å². The SMILES string of the molecule is CCNc1cnn(NC(=O)c2cccc(C)c2)n1. The molecule has 0 saturated heterocycles. The van der Waals surface area contributed by atoms with Gasteiger partial charge >= 0.3 is 0 Å². The van der Waals surface area contributed by atoms with Gasteiger partial charge in [0.2, 0.25) is 0 Å². The molecule has 18 heavy (non-hydrogen) atoms. The maximum Gasteiger partial charge on any atom is 0.272 e. The highest BCUT2D eigenvalue weighted by molar-refractivity contribution is 5.99. The number of benzene rings is 1. The number of carbonyl (C=O) groups is 1. The van der Waals surface area contributed by atoms with E-state index in [0.29, 0.717) is 11.4 Å². The third-order valence-electron chi connectivity index (χ3n) is 2.33. The van der Waals surface area contributed by atoms with Crippen molar-refractivity contribution in [2.45, 2.75) is 13.8 Å². The monoisotopic (exact) mass is 245 g/mol. The van der Waals surface area contributed by atoms with Gasteiger partial charge in [0, 0.05) is 12.1 Å². The molecule has 1 aromatic carbocycles. The molecule has 2 N–H and O–H groups in total. The van der Waals surface area contributed by atoms with Gasteiger partial charge in [0.15, 0.2) is 5.82 Å². The summed E-state index contributed by atoms with van der Waals surface area (Å²) >= 11 is 0. The Kier molecular flexibility index (Phi) is 3.57. The normalized spacial score (nSPS) is 10.1. The molecule has 1 amide bonds. The summed E-state index contributed by atoms with van der Waals surface area (Å²) < 4.78 is 0. The predicted molar refractivity (Wildman–Crippen MR) is 69.1 cm³/mol. The van der Waals surface area contributed by atoms with Crippen LogP contribution < -0.4 is 10.7 Å². The zero-order valence-corrected chi connectivity index (χ0v) is 10.3. The van der Waals surface area contributed by atoms with Crippen LogP contribution in [0.4, 0.5) is 5.82 Å². The van der Waals surface area contributed by atoms with E-state index in [0.717, 1.165) is 17.0 Å². The molecule has 0 spiro atoms. The molecule has 0 aliphatic rings. The third-order valence-corrected chi connectivity index (χ3v) is 2.33. The maximum absolute atomic E-state index is 11.9. The van der Waals surface area contributed by atoms with Crippen molar-refractivity contribution in [1.82, 2.24) is 15.1 Å². The number of rotatable bonds is 4. The van der Waals surface area contributed by atoms with Crippen LogP contribution in [0.1, 0.15) is 22.8 Å². The number of hydrogen-bond donors (Lipinski definition) is 2. The van der Waals surface area contributed by atoms with Crippen LogP contribution in [0.25, 0.3) is 0 Å². The maximum atomic E-state index is 11.9. The number of aryl methyl sites for hydroxylation is 1. The standard InChI is InChI=1S/C12H15N5O/c1-3-13-11-8-14-17(15-11)16-12(18)10-6-4-5-9(2)7-10/h4-8H,3H2,1-2H3,(H,13,15)(H,16,18). The molecule has 0 aliphatic carbocycles. The summed E-state index contributed by atoms with van der Waals surface area (Å²) in [6.07, 6.45) is 1.56. The van der Waals surface area contributed by atoms with E-state index in [2.05, 4.69) is 20.9 Å². The van der Waals surface area contributed by atoms with Gasteiger partial charge in [-0.15, -0.1) is 10.2 Å². The van der Waals surface area contributed by atoms with Crippen LogP contribution in [0.15, 0.2) is 30.5 Å². The largest absolute Gasteiger partial charge is 0.367 e. The highest BCUT2D eigenvalue weighted by Crippen LogP contribution is 2.04. The molecule has 1 heterocycles. The molecule has 94 valence electrons. The van der Waals surface area contributed by atoms with E-state index in [-0.39, 0.29) is 5.91 Å². The molecule has 0 saturated carbocycles. The predicted octanol–water partition coefficient (Wildman–Crippen LogP) is 1.40. The van der Waals surface area contributed by atoms with Crippen molar-refractivity contribution in [3.05, 3.63) is 41.6 Å². The smallest absolute Gasteiger partial charge is 0.272 e. The van der Waals surface area contributed by atoms with Crippen LogP contribution in [0, 0.1) is 6.92 Å². The van der Waals surface area contributed by atoms with Crippen LogP contribution in [0.3, 0.4) is 0 Å². The Morgan fingerprint density at radius 1 is 1.44 bits per heavy atom. The number of carbonyl (C=O) groups excluding carboxylic acids is 1. The first-order valence-corrected chi connectivity index (χ1v) is 5.73. The lowest BCUT2D eigenvalue weighted by Crippen LogP contribution is -2.25. The zero-order chi connectivity index (χ0) is 13.0. The average molecular weight is 245 g/mol. The summed E-state index contributed by atoms with van der Waals surface area (Å²) in [6, 6.07) is 7.33. The molecule has 0 unspecified atom stereocenters. The van der Waals surface area contributed by atoms with Gasteiger partial charge in [-0.05, 0) is 26.0 Å². The van der Waals surface area contributed by atoms with Gasteiger partial charge in [-0.3, -0.25) is 4.79 Å². The van der Waals surface area contributed by atoms with Gasteiger partial charge < -0.3 is 5.32 Å². The highest BCUT2D eigenvalue weighted by Gasteiger charge is 2.07. The fraction of sp³-hybridized carbons (Fsp3) is 0.250. The fourth-order valence-corrected chi connectivity index (χ4v) is 1.52. The van der Waals surface area contributed by atoms with Crippen LogP contribution in [0.5, 0.6) is 0 Å². The number of amides is 1. The Hall–Kier alpha value is -2.37. The lowest BCUT2D eigenvalue weighted by Gasteiger charge is -2.03. The molecular weight excluding hydrogens is 230 g/mol.